The Morgan fingerprint density at radius 2 is 1.62 bits per heavy atom. The van der Waals surface area contributed by atoms with Crippen molar-refractivity contribution >= 4 is 0 Å². The highest BCUT2D eigenvalue weighted by atomic mass is 15.3. The van der Waals surface area contributed by atoms with Crippen LogP contribution in [0, 0.1) is 0 Å². The molecule has 3 nitrogen and oxygen atoms in total. The van der Waals surface area contributed by atoms with E-state index in [0.29, 0.717) is 5.82 Å². The summed E-state index contributed by atoms with van der Waals surface area (Å²) in [5.41, 5.74) is 3.25. The van der Waals surface area contributed by atoms with E-state index in [1.807, 2.05) is 42.5 Å². The van der Waals surface area contributed by atoms with E-state index >= 15 is 0 Å². The molecule has 0 aliphatic carbocycles. The van der Waals surface area contributed by atoms with Crippen molar-refractivity contribution in [2.75, 3.05) is 0 Å². The molecule has 0 N–H and O–H groups in total. The lowest BCUT2D eigenvalue weighted by Crippen LogP contribution is -2.10. The van der Waals surface area contributed by atoms with Crippen molar-refractivity contribution in [1.29, 1.82) is 0 Å². The standard InChI is InChI=1S/C18H19N3/c1-18(2,3)15-11-9-14(10-12-15)17-20-19-13-21(17)16-7-5-4-6-8-16/h4-13H,1-3H3/i13D. The van der Waals surface area contributed by atoms with Gasteiger partial charge in [0.1, 0.15) is 7.67 Å². The summed E-state index contributed by atoms with van der Waals surface area (Å²) in [6, 6.07) is 18.1. The molecule has 0 fully saturated rings. The molecule has 0 atom stereocenters. The third kappa shape index (κ3) is 2.72. The minimum Gasteiger partial charge on any atom is -0.282 e. The zero-order chi connectivity index (χ0) is 15.7. The number of para-hydroxylation sites is 1. The molecule has 0 bridgehead atoms. The summed E-state index contributed by atoms with van der Waals surface area (Å²) in [7, 11) is 0. The van der Waals surface area contributed by atoms with Crippen LogP contribution in [0.25, 0.3) is 17.1 Å². The third-order valence-electron chi connectivity index (χ3n) is 3.52. The molecule has 3 heteroatoms. The van der Waals surface area contributed by atoms with Gasteiger partial charge >= 0.3 is 0 Å². The second-order valence-electron chi connectivity index (χ2n) is 6.12. The van der Waals surface area contributed by atoms with Gasteiger partial charge in [0.05, 0.1) is 0 Å². The maximum atomic E-state index is 8.01. The van der Waals surface area contributed by atoms with E-state index in [4.69, 9.17) is 1.37 Å². The fraction of sp³-hybridized carbons (Fsp3) is 0.222. The average Bonchev–Trinajstić information content (AvgIpc) is 2.89. The second-order valence-corrected chi connectivity index (χ2v) is 6.12. The van der Waals surface area contributed by atoms with Crippen molar-refractivity contribution in [3.63, 3.8) is 0 Å². The number of hydrogen-bond donors (Lipinski definition) is 0. The number of rotatable bonds is 2. The number of benzene rings is 2. The fourth-order valence-corrected chi connectivity index (χ4v) is 2.27. The smallest absolute Gasteiger partial charge is 0.168 e. The zero-order valence-corrected chi connectivity index (χ0v) is 12.5. The summed E-state index contributed by atoms with van der Waals surface area (Å²) < 4.78 is 9.77. The summed E-state index contributed by atoms with van der Waals surface area (Å²) in [6.07, 6.45) is 0.140. The summed E-state index contributed by atoms with van der Waals surface area (Å²) in [5, 5.41) is 8.10. The van der Waals surface area contributed by atoms with Crippen LogP contribution in [0.15, 0.2) is 60.9 Å². The van der Waals surface area contributed by atoms with Crippen LogP contribution in [-0.4, -0.2) is 14.8 Å². The molecule has 0 saturated heterocycles. The first-order valence-electron chi connectivity index (χ1n) is 7.55. The number of nitrogens with zero attached hydrogens (tertiary/aromatic N) is 3. The maximum absolute atomic E-state index is 8.01. The normalized spacial score (nSPS) is 12.2. The Hall–Kier alpha value is -2.42. The Morgan fingerprint density at radius 1 is 0.952 bits per heavy atom. The van der Waals surface area contributed by atoms with E-state index in [-0.39, 0.29) is 11.7 Å². The van der Waals surface area contributed by atoms with Crippen LogP contribution < -0.4 is 0 Å². The first-order chi connectivity index (χ1) is 10.5. The molecule has 106 valence electrons. The summed E-state index contributed by atoms with van der Waals surface area (Å²) >= 11 is 0. The van der Waals surface area contributed by atoms with E-state index in [9.17, 15) is 0 Å². The Balaban J connectivity index is 2.07. The van der Waals surface area contributed by atoms with Crippen LogP contribution in [0.2, 0.25) is 0 Å². The van der Waals surface area contributed by atoms with Gasteiger partial charge in [0.25, 0.3) is 0 Å². The van der Waals surface area contributed by atoms with Gasteiger partial charge in [-0.1, -0.05) is 63.2 Å². The van der Waals surface area contributed by atoms with Crippen LogP contribution in [0.5, 0.6) is 0 Å². The Labute approximate surface area is 126 Å². The quantitative estimate of drug-likeness (QED) is 0.702. The van der Waals surface area contributed by atoms with Crippen molar-refractivity contribution in [3.05, 3.63) is 66.5 Å². The highest BCUT2D eigenvalue weighted by molar-refractivity contribution is 5.58. The van der Waals surface area contributed by atoms with Crippen LogP contribution in [0.1, 0.15) is 27.7 Å². The number of hydrogen-bond acceptors (Lipinski definition) is 2. The Morgan fingerprint density at radius 3 is 2.24 bits per heavy atom. The molecular formula is C18H19N3. The van der Waals surface area contributed by atoms with E-state index < -0.39 is 0 Å². The van der Waals surface area contributed by atoms with E-state index in [0.717, 1.165) is 11.3 Å². The largest absolute Gasteiger partial charge is 0.282 e. The minimum atomic E-state index is 0.117. The number of aromatic nitrogens is 3. The average molecular weight is 278 g/mol. The van der Waals surface area contributed by atoms with Gasteiger partial charge in [-0.15, -0.1) is 10.2 Å². The second kappa shape index (κ2) is 5.17. The van der Waals surface area contributed by atoms with Gasteiger partial charge in [-0.25, -0.2) is 0 Å². The monoisotopic (exact) mass is 278 g/mol. The molecule has 21 heavy (non-hydrogen) atoms. The molecule has 0 radical (unpaired) electrons. The third-order valence-corrected chi connectivity index (χ3v) is 3.52. The molecule has 0 saturated carbocycles. The summed E-state index contributed by atoms with van der Waals surface area (Å²) in [4.78, 5) is 0. The molecular weight excluding hydrogens is 258 g/mol. The van der Waals surface area contributed by atoms with Gasteiger partial charge < -0.3 is 0 Å². The van der Waals surface area contributed by atoms with Gasteiger partial charge in [-0.3, -0.25) is 4.57 Å². The maximum Gasteiger partial charge on any atom is 0.168 e. The highest BCUT2D eigenvalue weighted by Crippen LogP contribution is 2.26. The van der Waals surface area contributed by atoms with Gasteiger partial charge in [0.2, 0.25) is 0 Å². The van der Waals surface area contributed by atoms with Crippen LogP contribution >= 0.6 is 0 Å². The molecule has 1 heterocycles. The fourth-order valence-electron chi connectivity index (χ4n) is 2.27. The lowest BCUT2D eigenvalue weighted by Gasteiger charge is -2.19. The Bertz CT molecular complexity index is 768. The molecule has 1 aromatic heterocycles. The topological polar surface area (TPSA) is 30.7 Å². The first kappa shape index (κ1) is 12.3. The van der Waals surface area contributed by atoms with E-state index in [1.165, 1.54) is 5.56 Å². The SMILES string of the molecule is [2H]c1nnc(-c2ccc(C(C)(C)C)cc2)n1-c1ccccc1. The van der Waals surface area contributed by atoms with Gasteiger partial charge in [0, 0.05) is 11.3 Å². The lowest BCUT2D eigenvalue weighted by molar-refractivity contribution is 0.590. The zero-order valence-electron chi connectivity index (χ0n) is 13.5. The minimum absolute atomic E-state index is 0.117. The van der Waals surface area contributed by atoms with Crippen LogP contribution in [-0.2, 0) is 5.41 Å². The molecule has 3 rings (SSSR count). The summed E-state index contributed by atoms with van der Waals surface area (Å²) in [6.45, 7) is 6.57. The van der Waals surface area contributed by atoms with Crippen molar-refractivity contribution in [2.24, 2.45) is 0 Å². The van der Waals surface area contributed by atoms with Crippen molar-refractivity contribution in [2.45, 2.75) is 26.2 Å². The molecule has 0 aliphatic rings. The molecule has 0 spiro atoms. The van der Waals surface area contributed by atoms with Crippen LogP contribution in [0.3, 0.4) is 0 Å². The van der Waals surface area contributed by atoms with E-state index in [1.54, 1.807) is 4.57 Å². The molecule has 0 aliphatic heterocycles. The van der Waals surface area contributed by atoms with E-state index in [2.05, 4.69) is 43.1 Å². The molecule has 2 aromatic carbocycles. The van der Waals surface area contributed by atoms with Gasteiger partial charge in [-0.05, 0) is 23.1 Å². The molecule has 0 amide bonds. The first-order valence-corrected chi connectivity index (χ1v) is 7.05. The lowest BCUT2D eigenvalue weighted by atomic mass is 9.87. The van der Waals surface area contributed by atoms with Crippen molar-refractivity contribution < 1.29 is 1.37 Å². The Kier molecular flexibility index (Phi) is 3.03. The highest BCUT2D eigenvalue weighted by Gasteiger charge is 2.14. The van der Waals surface area contributed by atoms with Crippen molar-refractivity contribution in [3.8, 4) is 17.1 Å². The van der Waals surface area contributed by atoms with Gasteiger partial charge in [0.15, 0.2) is 5.82 Å². The predicted octanol–water partition coefficient (Wildman–Crippen LogP) is 4.23. The van der Waals surface area contributed by atoms with Gasteiger partial charge in [-0.2, -0.15) is 0 Å². The van der Waals surface area contributed by atoms with Crippen molar-refractivity contribution in [1.82, 2.24) is 14.8 Å². The molecule has 3 aromatic rings. The summed E-state index contributed by atoms with van der Waals surface area (Å²) in [5.74, 6) is 0.691. The predicted molar refractivity (Wildman–Crippen MR) is 85.5 cm³/mol. The van der Waals surface area contributed by atoms with Crippen LogP contribution in [0.4, 0.5) is 0 Å². The molecule has 0 unspecified atom stereocenters.